The molecule has 0 unspecified atom stereocenters. The zero-order valence-corrected chi connectivity index (χ0v) is 15.3. The molecular formula is C19H29N3O2. The van der Waals surface area contributed by atoms with Crippen LogP contribution in [0.4, 0.5) is 0 Å². The predicted octanol–water partition coefficient (Wildman–Crippen LogP) is 1.88. The van der Waals surface area contributed by atoms with E-state index in [0.717, 1.165) is 18.7 Å². The first-order valence-corrected chi connectivity index (χ1v) is 8.70. The first-order valence-electron chi connectivity index (χ1n) is 8.70. The van der Waals surface area contributed by atoms with Crippen molar-refractivity contribution in [1.82, 2.24) is 15.1 Å². The van der Waals surface area contributed by atoms with Crippen LogP contribution in [0.2, 0.25) is 0 Å². The number of carbonyl (C=O) groups excluding carboxylic acids is 2. The van der Waals surface area contributed by atoms with Crippen LogP contribution in [0, 0.1) is 0 Å². The van der Waals surface area contributed by atoms with Crippen molar-refractivity contribution < 1.29 is 9.59 Å². The van der Waals surface area contributed by atoms with E-state index in [-0.39, 0.29) is 17.2 Å². The molecular weight excluding hydrogens is 302 g/mol. The first kappa shape index (κ1) is 18.5. The summed E-state index contributed by atoms with van der Waals surface area (Å²) in [6, 6.07) is 7.92. The highest BCUT2D eigenvalue weighted by Crippen LogP contribution is 2.22. The van der Waals surface area contributed by atoms with Crippen LogP contribution in [0.15, 0.2) is 24.3 Å². The van der Waals surface area contributed by atoms with Crippen molar-refractivity contribution in [3.05, 3.63) is 35.4 Å². The molecule has 1 N–H and O–H groups in total. The van der Waals surface area contributed by atoms with Crippen LogP contribution in [0.5, 0.6) is 0 Å². The quantitative estimate of drug-likeness (QED) is 0.916. The van der Waals surface area contributed by atoms with Crippen LogP contribution < -0.4 is 5.32 Å². The summed E-state index contributed by atoms with van der Waals surface area (Å²) >= 11 is 0. The summed E-state index contributed by atoms with van der Waals surface area (Å²) in [5, 5.41) is 2.81. The molecule has 0 aliphatic carbocycles. The predicted molar refractivity (Wildman–Crippen MR) is 96.2 cm³/mol. The van der Waals surface area contributed by atoms with Crippen LogP contribution in [0.25, 0.3) is 0 Å². The van der Waals surface area contributed by atoms with Gasteiger partial charge in [-0.05, 0) is 30.0 Å². The highest BCUT2D eigenvalue weighted by Gasteiger charge is 2.23. The van der Waals surface area contributed by atoms with Crippen LogP contribution in [-0.4, -0.2) is 60.9 Å². The number of carbonyl (C=O) groups is 2. The van der Waals surface area contributed by atoms with Gasteiger partial charge in [0.25, 0.3) is 5.91 Å². The molecule has 5 nitrogen and oxygen atoms in total. The molecule has 2 rings (SSSR count). The Morgan fingerprint density at radius 1 is 1.04 bits per heavy atom. The maximum absolute atomic E-state index is 12.6. The summed E-state index contributed by atoms with van der Waals surface area (Å²) in [7, 11) is 0. The number of piperazine rings is 1. The van der Waals surface area contributed by atoms with Gasteiger partial charge in [-0.15, -0.1) is 0 Å². The normalized spacial score (nSPS) is 16.1. The minimum atomic E-state index is 0.0510. The SMILES string of the molecule is CCNC(=O)CN1CCN(C(=O)c2ccc(C(C)(C)C)cc2)CC1. The molecule has 0 saturated carbocycles. The highest BCUT2D eigenvalue weighted by molar-refractivity contribution is 5.94. The monoisotopic (exact) mass is 331 g/mol. The van der Waals surface area contributed by atoms with Gasteiger partial charge in [0.05, 0.1) is 6.54 Å². The summed E-state index contributed by atoms with van der Waals surface area (Å²) in [6.45, 7) is 12.3. The largest absolute Gasteiger partial charge is 0.355 e. The summed E-state index contributed by atoms with van der Waals surface area (Å²) in [6.07, 6.45) is 0. The van der Waals surface area contributed by atoms with Crippen LogP contribution in [0.3, 0.4) is 0 Å². The molecule has 132 valence electrons. The van der Waals surface area contributed by atoms with Gasteiger partial charge in [-0.1, -0.05) is 32.9 Å². The lowest BCUT2D eigenvalue weighted by Gasteiger charge is -2.34. The zero-order chi connectivity index (χ0) is 17.7. The number of hydrogen-bond acceptors (Lipinski definition) is 3. The lowest BCUT2D eigenvalue weighted by atomic mass is 9.86. The lowest BCUT2D eigenvalue weighted by molar-refractivity contribution is -0.122. The Morgan fingerprint density at radius 3 is 2.12 bits per heavy atom. The van der Waals surface area contributed by atoms with E-state index in [1.165, 1.54) is 5.56 Å². The fraction of sp³-hybridized carbons (Fsp3) is 0.579. The maximum atomic E-state index is 12.6. The van der Waals surface area contributed by atoms with Crippen LogP contribution in [-0.2, 0) is 10.2 Å². The van der Waals surface area contributed by atoms with E-state index < -0.39 is 0 Å². The molecule has 1 heterocycles. The Balaban J connectivity index is 1.89. The Morgan fingerprint density at radius 2 is 1.62 bits per heavy atom. The minimum absolute atomic E-state index is 0.0510. The van der Waals surface area contributed by atoms with Crippen LogP contribution >= 0.6 is 0 Å². The van der Waals surface area contributed by atoms with Gasteiger partial charge in [-0.2, -0.15) is 0 Å². The minimum Gasteiger partial charge on any atom is -0.355 e. The molecule has 24 heavy (non-hydrogen) atoms. The average Bonchev–Trinajstić information content (AvgIpc) is 2.54. The summed E-state index contributed by atoms with van der Waals surface area (Å²) < 4.78 is 0. The van der Waals surface area contributed by atoms with Gasteiger partial charge >= 0.3 is 0 Å². The number of rotatable bonds is 4. The van der Waals surface area contributed by atoms with Crippen molar-refractivity contribution in [2.75, 3.05) is 39.3 Å². The molecule has 0 radical (unpaired) electrons. The van der Waals surface area contributed by atoms with Crippen molar-refractivity contribution in [2.24, 2.45) is 0 Å². The summed E-state index contributed by atoms with van der Waals surface area (Å²) in [5.41, 5.74) is 2.05. The van der Waals surface area contributed by atoms with Gasteiger partial charge in [-0.3, -0.25) is 14.5 Å². The number of amides is 2. The van der Waals surface area contributed by atoms with E-state index in [4.69, 9.17) is 0 Å². The van der Waals surface area contributed by atoms with E-state index in [1.807, 2.05) is 36.1 Å². The second kappa shape index (κ2) is 7.79. The molecule has 2 amide bonds. The van der Waals surface area contributed by atoms with Crippen molar-refractivity contribution in [3.8, 4) is 0 Å². The number of likely N-dealkylation sites (N-methyl/N-ethyl adjacent to an activating group) is 1. The van der Waals surface area contributed by atoms with Crippen molar-refractivity contribution in [2.45, 2.75) is 33.1 Å². The molecule has 1 aromatic carbocycles. The van der Waals surface area contributed by atoms with Crippen LogP contribution in [0.1, 0.15) is 43.6 Å². The molecule has 1 aromatic rings. The molecule has 0 spiro atoms. The molecule has 0 atom stereocenters. The Hall–Kier alpha value is -1.88. The topological polar surface area (TPSA) is 52.7 Å². The molecule has 1 fully saturated rings. The Bertz CT molecular complexity index is 567. The summed E-state index contributed by atoms with van der Waals surface area (Å²) in [4.78, 5) is 28.2. The number of nitrogens with one attached hydrogen (secondary N) is 1. The maximum Gasteiger partial charge on any atom is 0.253 e. The molecule has 0 bridgehead atoms. The smallest absolute Gasteiger partial charge is 0.253 e. The Labute approximate surface area is 145 Å². The molecule has 1 aliphatic heterocycles. The number of hydrogen-bond donors (Lipinski definition) is 1. The average molecular weight is 331 g/mol. The van der Waals surface area contributed by atoms with Crippen molar-refractivity contribution in [1.29, 1.82) is 0 Å². The second-order valence-corrected chi connectivity index (χ2v) is 7.35. The van der Waals surface area contributed by atoms with Crippen molar-refractivity contribution >= 4 is 11.8 Å². The molecule has 1 aliphatic rings. The standard InChI is InChI=1S/C19H29N3O2/c1-5-20-17(23)14-21-10-12-22(13-11-21)18(24)15-6-8-16(9-7-15)19(2,3)4/h6-9H,5,10-14H2,1-4H3,(H,20,23). The van der Waals surface area contributed by atoms with E-state index in [0.29, 0.717) is 26.2 Å². The van der Waals surface area contributed by atoms with Gasteiger partial charge < -0.3 is 10.2 Å². The molecule has 5 heteroatoms. The molecule has 1 saturated heterocycles. The van der Waals surface area contributed by atoms with Crippen molar-refractivity contribution in [3.63, 3.8) is 0 Å². The fourth-order valence-electron chi connectivity index (χ4n) is 2.86. The number of nitrogens with zero attached hydrogens (tertiary/aromatic N) is 2. The Kier molecular flexibility index (Phi) is 5.99. The van der Waals surface area contributed by atoms with Gasteiger partial charge in [0.2, 0.25) is 5.91 Å². The third kappa shape index (κ3) is 4.81. The van der Waals surface area contributed by atoms with E-state index in [9.17, 15) is 9.59 Å². The molecule has 0 aromatic heterocycles. The van der Waals surface area contributed by atoms with E-state index >= 15 is 0 Å². The van der Waals surface area contributed by atoms with E-state index in [2.05, 4.69) is 31.0 Å². The van der Waals surface area contributed by atoms with Gasteiger partial charge in [0, 0.05) is 38.3 Å². The van der Waals surface area contributed by atoms with Gasteiger partial charge in [0.1, 0.15) is 0 Å². The summed E-state index contributed by atoms with van der Waals surface area (Å²) in [5.74, 6) is 0.128. The second-order valence-electron chi connectivity index (χ2n) is 7.35. The third-order valence-electron chi connectivity index (χ3n) is 4.40. The first-order chi connectivity index (χ1) is 11.3. The lowest BCUT2D eigenvalue weighted by Crippen LogP contribution is -2.51. The fourth-order valence-corrected chi connectivity index (χ4v) is 2.86. The highest BCUT2D eigenvalue weighted by atomic mass is 16.2. The number of benzene rings is 1. The van der Waals surface area contributed by atoms with E-state index in [1.54, 1.807) is 0 Å². The third-order valence-corrected chi connectivity index (χ3v) is 4.40. The van der Waals surface area contributed by atoms with Gasteiger partial charge in [-0.25, -0.2) is 0 Å². The zero-order valence-electron chi connectivity index (χ0n) is 15.3. The van der Waals surface area contributed by atoms with Gasteiger partial charge in [0.15, 0.2) is 0 Å².